The van der Waals surface area contributed by atoms with Crippen LogP contribution in [0.15, 0.2) is 18.3 Å². The lowest BCUT2D eigenvalue weighted by Crippen LogP contribution is -2.41. The third-order valence-corrected chi connectivity index (χ3v) is 3.45. The molecule has 0 bridgehead atoms. The van der Waals surface area contributed by atoms with Gasteiger partial charge < -0.3 is 19.9 Å². The van der Waals surface area contributed by atoms with Gasteiger partial charge in [-0.1, -0.05) is 0 Å². The molecule has 2 heterocycles. The topological polar surface area (TPSA) is 57.5 Å². The third kappa shape index (κ3) is 3.34. The van der Waals surface area contributed by atoms with Crippen molar-refractivity contribution in [2.45, 2.75) is 18.9 Å². The second kappa shape index (κ2) is 6.02. The van der Waals surface area contributed by atoms with E-state index in [0.717, 1.165) is 32.5 Å². The standard InChI is InChI=1S/C13H21N3O2/c1-15-7-2-3-12(15)13(18)14-6-10-16-8-4-11(17)5-9-16/h2-3,7,11,17H,4-6,8-10H2,1H3,(H,14,18). The molecule has 5 nitrogen and oxygen atoms in total. The highest BCUT2D eigenvalue weighted by Crippen LogP contribution is 2.08. The van der Waals surface area contributed by atoms with E-state index in [1.807, 2.05) is 29.9 Å². The zero-order valence-electron chi connectivity index (χ0n) is 10.8. The molecule has 1 aliphatic heterocycles. The maximum Gasteiger partial charge on any atom is 0.267 e. The van der Waals surface area contributed by atoms with Crippen LogP contribution in [0, 0.1) is 0 Å². The number of amides is 1. The van der Waals surface area contributed by atoms with Crippen LogP contribution in [0.25, 0.3) is 0 Å². The van der Waals surface area contributed by atoms with E-state index in [1.165, 1.54) is 0 Å². The van der Waals surface area contributed by atoms with Gasteiger partial charge in [0.05, 0.1) is 6.10 Å². The molecule has 1 aromatic rings. The Balaban J connectivity index is 1.69. The van der Waals surface area contributed by atoms with Gasteiger partial charge in [-0.2, -0.15) is 0 Å². The first-order chi connectivity index (χ1) is 8.66. The predicted octanol–water partition coefficient (Wildman–Crippen LogP) is 0.212. The number of aliphatic hydroxyl groups is 1. The number of carbonyl (C=O) groups is 1. The summed E-state index contributed by atoms with van der Waals surface area (Å²) in [6.45, 7) is 3.34. The number of hydrogen-bond donors (Lipinski definition) is 2. The SMILES string of the molecule is Cn1cccc1C(=O)NCCN1CCC(O)CC1. The fourth-order valence-corrected chi connectivity index (χ4v) is 2.26. The van der Waals surface area contributed by atoms with Crippen molar-refractivity contribution in [1.82, 2.24) is 14.8 Å². The monoisotopic (exact) mass is 251 g/mol. The molecule has 0 unspecified atom stereocenters. The van der Waals surface area contributed by atoms with E-state index in [4.69, 9.17) is 0 Å². The summed E-state index contributed by atoms with van der Waals surface area (Å²) in [7, 11) is 1.86. The fourth-order valence-electron chi connectivity index (χ4n) is 2.26. The first-order valence-corrected chi connectivity index (χ1v) is 6.47. The number of likely N-dealkylation sites (tertiary alicyclic amines) is 1. The number of nitrogens with one attached hydrogen (secondary N) is 1. The van der Waals surface area contributed by atoms with E-state index in [-0.39, 0.29) is 12.0 Å². The Hall–Kier alpha value is -1.33. The second-order valence-electron chi connectivity index (χ2n) is 4.83. The minimum Gasteiger partial charge on any atom is -0.393 e. The molecular formula is C13H21N3O2. The van der Waals surface area contributed by atoms with Gasteiger partial charge in [0.25, 0.3) is 5.91 Å². The molecule has 0 atom stereocenters. The summed E-state index contributed by atoms with van der Waals surface area (Å²) in [6.07, 6.45) is 3.40. The Labute approximate surface area is 107 Å². The number of nitrogens with zero attached hydrogens (tertiary/aromatic N) is 2. The molecular weight excluding hydrogens is 230 g/mol. The normalized spacial score (nSPS) is 17.9. The van der Waals surface area contributed by atoms with Crippen LogP contribution in [0.5, 0.6) is 0 Å². The molecule has 0 aliphatic carbocycles. The molecule has 5 heteroatoms. The third-order valence-electron chi connectivity index (χ3n) is 3.45. The number of aliphatic hydroxyl groups excluding tert-OH is 1. The van der Waals surface area contributed by atoms with Gasteiger partial charge in [0.15, 0.2) is 0 Å². The number of aryl methyl sites for hydroxylation is 1. The lowest BCUT2D eigenvalue weighted by molar-refractivity contribution is 0.0802. The average molecular weight is 251 g/mol. The highest BCUT2D eigenvalue weighted by atomic mass is 16.3. The quantitative estimate of drug-likeness (QED) is 0.804. The summed E-state index contributed by atoms with van der Waals surface area (Å²) < 4.78 is 1.81. The van der Waals surface area contributed by atoms with Crippen molar-refractivity contribution < 1.29 is 9.90 Å². The van der Waals surface area contributed by atoms with Gasteiger partial charge in [-0.25, -0.2) is 0 Å². The van der Waals surface area contributed by atoms with Crippen LogP contribution >= 0.6 is 0 Å². The maximum atomic E-state index is 11.8. The molecule has 100 valence electrons. The Kier molecular flexibility index (Phi) is 4.38. The van der Waals surface area contributed by atoms with Crippen molar-refractivity contribution in [1.29, 1.82) is 0 Å². The van der Waals surface area contributed by atoms with Crippen LogP contribution in [0.2, 0.25) is 0 Å². The van der Waals surface area contributed by atoms with Crippen LogP contribution in [-0.4, -0.2) is 52.8 Å². The fraction of sp³-hybridized carbons (Fsp3) is 0.615. The Morgan fingerprint density at radius 3 is 2.83 bits per heavy atom. The molecule has 0 saturated carbocycles. The van der Waals surface area contributed by atoms with Gasteiger partial charge in [-0.15, -0.1) is 0 Å². The second-order valence-corrected chi connectivity index (χ2v) is 4.83. The number of carbonyl (C=O) groups excluding carboxylic acids is 1. The van der Waals surface area contributed by atoms with Crippen molar-refractivity contribution >= 4 is 5.91 Å². The molecule has 18 heavy (non-hydrogen) atoms. The summed E-state index contributed by atoms with van der Waals surface area (Å²) in [5, 5.41) is 12.3. The van der Waals surface area contributed by atoms with Gasteiger partial charge in [0.2, 0.25) is 0 Å². The van der Waals surface area contributed by atoms with Crippen molar-refractivity contribution in [2.75, 3.05) is 26.2 Å². The highest BCUT2D eigenvalue weighted by molar-refractivity contribution is 5.92. The predicted molar refractivity (Wildman–Crippen MR) is 69.4 cm³/mol. The Morgan fingerprint density at radius 2 is 2.22 bits per heavy atom. The van der Waals surface area contributed by atoms with E-state index in [9.17, 15) is 9.90 Å². The molecule has 1 saturated heterocycles. The summed E-state index contributed by atoms with van der Waals surface area (Å²) in [5.74, 6) is -0.0282. The first kappa shape index (κ1) is 13.1. The first-order valence-electron chi connectivity index (χ1n) is 6.47. The van der Waals surface area contributed by atoms with E-state index in [0.29, 0.717) is 12.2 Å². The summed E-state index contributed by atoms with van der Waals surface area (Å²) >= 11 is 0. The van der Waals surface area contributed by atoms with Crippen LogP contribution < -0.4 is 5.32 Å². The van der Waals surface area contributed by atoms with Gasteiger partial charge >= 0.3 is 0 Å². The highest BCUT2D eigenvalue weighted by Gasteiger charge is 2.16. The van der Waals surface area contributed by atoms with E-state index < -0.39 is 0 Å². The number of piperidine rings is 1. The number of rotatable bonds is 4. The molecule has 1 aliphatic rings. The molecule has 1 amide bonds. The summed E-state index contributed by atoms with van der Waals surface area (Å²) in [4.78, 5) is 14.1. The van der Waals surface area contributed by atoms with Gasteiger partial charge in [0.1, 0.15) is 5.69 Å². The van der Waals surface area contributed by atoms with Crippen molar-refractivity contribution in [3.05, 3.63) is 24.0 Å². The van der Waals surface area contributed by atoms with Crippen LogP contribution in [-0.2, 0) is 7.05 Å². The van der Waals surface area contributed by atoms with E-state index in [2.05, 4.69) is 10.2 Å². The molecule has 0 radical (unpaired) electrons. The molecule has 2 N–H and O–H groups in total. The van der Waals surface area contributed by atoms with Crippen molar-refractivity contribution in [3.63, 3.8) is 0 Å². The van der Waals surface area contributed by atoms with Gasteiger partial charge in [0, 0.05) is 39.4 Å². The van der Waals surface area contributed by atoms with Gasteiger partial charge in [-0.05, 0) is 25.0 Å². The molecule has 0 spiro atoms. The van der Waals surface area contributed by atoms with Crippen molar-refractivity contribution in [3.8, 4) is 0 Å². The van der Waals surface area contributed by atoms with Crippen LogP contribution in [0.4, 0.5) is 0 Å². The lowest BCUT2D eigenvalue weighted by Gasteiger charge is -2.29. The van der Waals surface area contributed by atoms with Gasteiger partial charge in [-0.3, -0.25) is 4.79 Å². The van der Waals surface area contributed by atoms with E-state index >= 15 is 0 Å². The smallest absolute Gasteiger partial charge is 0.267 e. The molecule has 1 aromatic heterocycles. The minimum absolute atomic E-state index is 0.0282. The number of hydrogen-bond acceptors (Lipinski definition) is 3. The Bertz CT molecular complexity index is 395. The van der Waals surface area contributed by atoms with E-state index in [1.54, 1.807) is 0 Å². The van der Waals surface area contributed by atoms with Crippen molar-refractivity contribution in [2.24, 2.45) is 7.05 Å². The lowest BCUT2D eigenvalue weighted by atomic mass is 10.1. The zero-order valence-corrected chi connectivity index (χ0v) is 10.8. The minimum atomic E-state index is -0.140. The average Bonchev–Trinajstić information content (AvgIpc) is 2.78. The number of aromatic nitrogens is 1. The largest absolute Gasteiger partial charge is 0.393 e. The molecule has 0 aromatic carbocycles. The maximum absolute atomic E-state index is 11.8. The molecule has 1 fully saturated rings. The van der Waals surface area contributed by atoms with Crippen LogP contribution in [0.3, 0.4) is 0 Å². The zero-order chi connectivity index (χ0) is 13.0. The summed E-state index contributed by atoms with van der Waals surface area (Å²) in [6, 6.07) is 3.67. The summed E-state index contributed by atoms with van der Waals surface area (Å²) in [5.41, 5.74) is 0.684. The molecule has 2 rings (SSSR count). The van der Waals surface area contributed by atoms with Crippen LogP contribution in [0.1, 0.15) is 23.3 Å². The Morgan fingerprint density at radius 1 is 1.50 bits per heavy atom.